The van der Waals surface area contributed by atoms with E-state index in [4.69, 9.17) is 5.21 Å². The summed E-state index contributed by atoms with van der Waals surface area (Å²) in [6.45, 7) is -1.06. The summed E-state index contributed by atoms with van der Waals surface area (Å²) in [7, 11) is 0. The van der Waals surface area contributed by atoms with Crippen LogP contribution < -0.4 is 5.48 Å². The Hall–Kier alpha value is -2.82. The molecule has 96 valence electrons. The summed E-state index contributed by atoms with van der Waals surface area (Å²) >= 11 is 0. The third-order valence-electron chi connectivity index (χ3n) is 2.01. The van der Waals surface area contributed by atoms with Crippen molar-refractivity contribution in [2.45, 2.75) is 6.54 Å². The normalized spacial score (nSPS) is 9.83. The molecule has 0 fully saturated rings. The molecule has 0 spiro atoms. The van der Waals surface area contributed by atoms with Crippen molar-refractivity contribution in [1.29, 1.82) is 0 Å². The quantitative estimate of drug-likeness (QED) is 0.585. The van der Waals surface area contributed by atoms with Crippen LogP contribution in [-0.2, 0) is 6.54 Å². The highest BCUT2D eigenvalue weighted by Gasteiger charge is 2.30. The van der Waals surface area contributed by atoms with Gasteiger partial charge >= 0.3 is 0 Å². The van der Waals surface area contributed by atoms with E-state index >= 15 is 0 Å². The predicted octanol–water partition coefficient (Wildman–Crippen LogP) is 1.08. The topological polar surface area (TPSA) is 162 Å². The van der Waals surface area contributed by atoms with E-state index in [2.05, 4.69) is 0 Å². The lowest BCUT2D eigenvalue weighted by molar-refractivity contribution is -0.500. The Balaban J connectivity index is 3.54. The maximum absolute atomic E-state index is 10.7. The first-order chi connectivity index (χ1) is 8.36. The zero-order valence-corrected chi connectivity index (χ0v) is 8.60. The van der Waals surface area contributed by atoms with Crippen LogP contribution in [0.25, 0.3) is 0 Å². The van der Waals surface area contributed by atoms with Gasteiger partial charge in [-0.15, -0.1) is 0 Å². The smallest absolute Gasteiger partial charge is 0.288 e. The third kappa shape index (κ3) is 2.65. The predicted molar refractivity (Wildman–Crippen MR) is 55.9 cm³/mol. The van der Waals surface area contributed by atoms with Crippen molar-refractivity contribution in [2.24, 2.45) is 0 Å². The average Bonchev–Trinajstić information content (AvgIpc) is 2.27. The molecule has 1 aromatic carbocycles. The molecular formula is C7H6N4O7. The second-order valence-electron chi connectivity index (χ2n) is 3.11. The van der Waals surface area contributed by atoms with Crippen molar-refractivity contribution in [1.82, 2.24) is 0 Å². The molecule has 11 heteroatoms. The van der Waals surface area contributed by atoms with Gasteiger partial charge in [0.1, 0.15) is 0 Å². The Labute approximate surface area is 98.1 Å². The lowest BCUT2D eigenvalue weighted by Gasteiger charge is -2.03. The number of nitrogens with zero attached hydrogens (tertiary/aromatic N) is 3. The van der Waals surface area contributed by atoms with Gasteiger partial charge in [-0.25, -0.2) is 0 Å². The van der Waals surface area contributed by atoms with Gasteiger partial charge in [0, 0.05) is 17.1 Å². The molecule has 0 atom stereocenters. The summed E-state index contributed by atoms with van der Waals surface area (Å²) in [6.07, 6.45) is 0. The molecular weight excluding hydrogens is 252 g/mol. The molecule has 0 bridgehead atoms. The molecule has 0 unspecified atom stereocenters. The van der Waals surface area contributed by atoms with E-state index in [1.54, 1.807) is 0 Å². The summed E-state index contributed by atoms with van der Waals surface area (Å²) in [5.74, 6) is 0. The Morgan fingerprint density at radius 2 is 1.50 bits per heavy atom. The summed E-state index contributed by atoms with van der Waals surface area (Å²) in [5, 5.41) is 40.4. The van der Waals surface area contributed by atoms with Crippen LogP contribution in [-0.4, -0.2) is 20.0 Å². The number of hydrogen-bond acceptors (Lipinski definition) is 8. The number of nitro benzene ring substituents is 2. The zero-order valence-electron chi connectivity index (χ0n) is 8.60. The second-order valence-corrected chi connectivity index (χ2v) is 3.11. The minimum Gasteiger partial charge on any atom is -0.291 e. The molecule has 0 saturated carbocycles. The Morgan fingerprint density at radius 3 is 1.78 bits per heavy atom. The first-order valence-corrected chi connectivity index (χ1v) is 4.34. The number of anilines is 1. The van der Waals surface area contributed by atoms with Crippen molar-refractivity contribution < 1.29 is 20.0 Å². The molecule has 0 radical (unpaired) electrons. The van der Waals surface area contributed by atoms with Gasteiger partial charge in [0.2, 0.25) is 6.54 Å². The Bertz CT molecular complexity index is 494. The Morgan fingerprint density at radius 1 is 1.06 bits per heavy atom. The summed E-state index contributed by atoms with van der Waals surface area (Å²) in [4.78, 5) is 28.9. The average molecular weight is 258 g/mol. The number of benzene rings is 1. The first-order valence-electron chi connectivity index (χ1n) is 4.34. The van der Waals surface area contributed by atoms with E-state index in [0.29, 0.717) is 0 Å². The largest absolute Gasteiger partial charge is 0.291 e. The van der Waals surface area contributed by atoms with Crippen LogP contribution in [0.15, 0.2) is 12.1 Å². The number of rotatable bonds is 5. The van der Waals surface area contributed by atoms with Gasteiger partial charge in [-0.2, -0.15) is 0 Å². The van der Waals surface area contributed by atoms with Crippen molar-refractivity contribution >= 4 is 17.1 Å². The van der Waals surface area contributed by atoms with Crippen molar-refractivity contribution in [3.63, 3.8) is 0 Å². The summed E-state index contributed by atoms with van der Waals surface area (Å²) < 4.78 is 0. The van der Waals surface area contributed by atoms with Gasteiger partial charge in [0.15, 0.2) is 5.56 Å². The van der Waals surface area contributed by atoms with Crippen LogP contribution in [0.4, 0.5) is 17.1 Å². The van der Waals surface area contributed by atoms with Crippen molar-refractivity contribution in [3.8, 4) is 0 Å². The SMILES string of the molecule is O=[N+]([O-])Cc1c([N+](=O)[O-])cc(NO)cc1[N+](=O)[O-]. The molecule has 2 N–H and O–H groups in total. The standard InChI is InChI=1S/C7H6N4O7/c12-8-4-1-6(10(15)16)5(3-9(13)14)7(2-4)11(17)18/h1-2,8,12H,3H2. The molecule has 0 aliphatic heterocycles. The van der Waals surface area contributed by atoms with Crippen LogP contribution >= 0.6 is 0 Å². The zero-order chi connectivity index (χ0) is 13.9. The van der Waals surface area contributed by atoms with E-state index in [1.165, 1.54) is 5.48 Å². The third-order valence-corrected chi connectivity index (χ3v) is 2.01. The molecule has 0 amide bonds. The maximum Gasteiger partial charge on any atom is 0.288 e. The van der Waals surface area contributed by atoms with Crippen LogP contribution in [0.5, 0.6) is 0 Å². The molecule has 0 aromatic heterocycles. The number of hydrogen-bond donors (Lipinski definition) is 2. The summed E-state index contributed by atoms with van der Waals surface area (Å²) in [6, 6.07) is 1.54. The molecule has 0 aliphatic rings. The number of nitro groups is 3. The van der Waals surface area contributed by atoms with E-state index in [9.17, 15) is 30.3 Å². The molecule has 0 saturated heterocycles. The van der Waals surface area contributed by atoms with Crippen LogP contribution in [0.1, 0.15) is 5.56 Å². The van der Waals surface area contributed by atoms with Gasteiger partial charge in [0.05, 0.1) is 15.5 Å². The second kappa shape index (κ2) is 5.01. The van der Waals surface area contributed by atoms with E-state index in [-0.39, 0.29) is 5.69 Å². The lowest BCUT2D eigenvalue weighted by Crippen LogP contribution is -2.07. The van der Waals surface area contributed by atoms with Gasteiger partial charge in [-0.3, -0.25) is 41.0 Å². The first kappa shape index (κ1) is 13.2. The fraction of sp³-hybridized carbons (Fsp3) is 0.143. The van der Waals surface area contributed by atoms with Crippen LogP contribution in [0.2, 0.25) is 0 Å². The van der Waals surface area contributed by atoms with Crippen molar-refractivity contribution in [2.75, 3.05) is 5.48 Å². The highest BCUT2D eigenvalue weighted by molar-refractivity contribution is 5.63. The molecule has 1 rings (SSSR count). The fourth-order valence-electron chi connectivity index (χ4n) is 1.32. The molecule has 11 nitrogen and oxygen atoms in total. The fourth-order valence-corrected chi connectivity index (χ4v) is 1.32. The highest BCUT2D eigenvalue weighted by atomic mass is 16.6. The van der Waals surface area contributed by atoms with E-state index in [1.807, 2.05) is 0 Å². The van der Waals surface area contributed by atoms with Gasteiger partial charge < -0.3 is 0 Å². The number of nitrogens with one attached hydrogen (secondary N) is 1. The molecule has 0 aliphatic carbocycles. The van der Waals surface area contributed by atoms with Gasteiger partial charge in [0.25, 0.3) is 11.4 Å². The molecule has 18 heavy (non-hydrogen) atoms. The van der Waals surface area contributed by atoms with Gasteiger partial charge in [-0.05, 0) is 0 Å². The molecule has 1 aromatic rings. The van der Waals surface area contributed by atoms with Crippen LogP contribution in [0.3, 0.4) is 0 Å². The summed E-state index contributed by atoms with van der Waals surface area (Å²) in [5.41, 5.74) is -1.03. The molecule has 0 heterocycles. The van der Waals surface area contributed by atoms with Crippen molar-refractivity contribution in [3.05, 3.63) is 48.0 Å². The van der Waals surface area contributed by atoms with Gasteiger partial charge in [-0.1, -0.05) is 0 Å². The minimum absolute atomic E-state index is 0.305. The van der Waals surface area contributed by atoms with Crippen LogP contribution in [0, 0.1) is 30.3 Å². The Kier molecular flexibility index (Phi) is 3.68. The maximum atomic E-state index is 10.7. The van der Waals surface area contributed by atoms with E-state index < -0.39 is 38.3 Å². The van der Waals surface area contributed by atoms with E-state index in [0.717, 1.165) is 12.1 Å². The lowest BCUT2D eigenvalue weighted by atomic mass is 10.1. The highest BCUT2D eigenvalue weighted by Crippen LogP contribution is 2.32. The minimum atomic E-state index is -1.06. The monoisotopic (exact) mass is 258 g/mol.